The predicted octanol–water partition coefficient (Wildman–Crippen LogP) is 1.30. The fourth-order valence-electron chi connectivity index (χ4n) is 5.03. The zero-order valence-electron chi connectivity index (χ0n) is 15.8. The Hall–Kier alpha value is -1.25. The summed E-state index contributed by atoms with van der Waals surface area (Å²) in [6, 6.07) is 5.71. The van der Waals surface area contributed by atoms with E-state index in [1.165, 1.54) is 5.41 Å². The summed E-state index contributed by atoms with van der Waals surface area (Å²) in [4.78, 5) is 2.69. The number of nitrogens with one attached hydrogen (secondary N) is 1. The number of sulfone groups is 1. The van der Waals surface area contributed by atoms with Gasteiger partial charge in [0, 0.05) is 41.4 Å². The third-order valence-corrected chi connectivity index (χ3v) is 8.04. The molecule has 2 heterocycles. The zero-order chi connectivity index (χ0) is 19.3. The zero-order valence-corrected chi connectivity index (χ0v) is 16.6. The number of nitrogens with zero attached hydrogens (tertiary/aromatic N) is 1. The van der Waals surface area contributed by atoms with Crippen molar-refractivity contribution in [1.29, 1.82) is 0 Å². The van der Waals surface area contributed by atoms with E-state index in [1.54, 1.807) is 6.07 Å². The first-order valence-electron chi connectivity index (χ1n) is 9.69. The molecule has 0 amide bonds. The summed E-state index contributed by atoms with van der Waals surface area (Å²) in [5.74, 6) is 0.219. The van der Waals surface area contributed by atoms with E-state index in [0.717, 1.165) is 42.5 Å². The number of likely N-dealkylation sites (tertiary alicyclic amines) is 1. The van der Waals surface area contributed by atoms with Crippen LogP contribution in [0.5, 0.6) is 0 Å². The number of hydrogen-bond donors (Lipinski definition) is 3. The lowest BCUT2D eigenvalue weighted by molar-refractivity contribution is -0.00318. The van der Waals surface area contributed by atoms with Crippen molar-refractivity contribution in [3.8, 4) is 0 Å². The van der Waals surface area contributed by atoms with Gasteiger partial charge in [0.15, 0.2) is 0 Å². The molecular weight excluding hydrogens is 364 g/mol. The van der Waals surface area contributed by atoms with Gasteiger partial charge in [-0.15, -0.1) is 0 Å². The summed E-state index contributed by atoms with van der Waals surface area (Å²) in [7, 11) is -1.28. The largest absolute Gasteiger partial charge is 0.395 e. The van der Waals surface area contributed by atoms with Crippen LogP contribution in [0.2, 0.25) is 0 Å². The molecule has 5 atom stereocenters. The first-order valence-corrected chi connectivity index (χ1v) is 11.2. The summed E-state index contributed by atoms with van der Waals surface area (Å²) < 4.78 is 25.0. The molecule has 2 aliphatic heterocycles. The summed E-state index contributed by atoms with van der Waals surface area (Å²) in [5.41, 5.74) is 2.92. The van der Waals surface area contributed by atoms with Crippen molar-refractivity contribution >= 4 is 15.4 Å². The van der Waals surface area contributed by atoms with Gasteiger partial charge in [-0.1, -0.05) is 19.1 Å². The molecule has 0 radical (unpaired) electrons. The second kappa shape index (κ2) is 6.97. The van der Waals surface area contributed by atoms with Crippen molar-refractivity contribution in [3.05, 3.63) is 34.7 Å². The van der Waals surface area contributed by atoms with Crippen LogP contribution in [0.25, 0.3) is 5.57 Å². The van der Waals surface area contributed by atoms with E-state index in [1.807, 2.05) is 19.1 Å². The molecule has 148 valence electrons. The van der Waals surface area contributed by atoms with Gasteiger partial charge in [0.1, 0.15) is 6.23 Å². The highest BCUT2D eigenvalue weighted by Gasteiger charge is 2.45. The van der Waals surface area contributed by atoms with Gasteiger partial charge in [0.05, 0.1) is 11.5 Å². The fourth-order valence-corrected chi connectivity index (χ4v) is 6.55. The summed E-state index contributed by atoms with van der Waals surface area (Å²) in [6.07, 6.45) is 1.59. The van der Waals surface area contributed by atoms with E-state index >= 15 is 0 Å². The van der Waals surface area contributed by atoms with Crippen LogP contribution in [0.3, 0.4) is 0 Å². The highest BCUT2D eigenvalue weighted by Crippen LogP contribution is 2.51. The van der Waals surface area contributed by atoms with Crippen LogP contribution in [0.1, 0.15) is 43.2 Å². The maximum absolute atomic E-state index is 12.5. The monoisotopic (exact) mass is 392 g/mol. The third-order valence-electron chi connectivity index (χ3n) is 6.49. The van der Waals surface area contributed by atoms with Gasteiger partial charge in [-0.3, -0.25) is 5.32 Å². The van der Waals surface area contributed by atoms with Crippen LogP contribution < -0.4 is 5.32 Å². The predicted molar refractivity (Wildman–Crippen MR) is 104 cm³/mol. The molecule has 1 aromatic rings. The normalized spacial score (nSPS) is 31.0. The van der Waals surface area contributed by atoms with E-state index in [4.69, 9.17) is 0 Å². The third kappa shape index (κ3) is 3.15. The molecule has 0 saturated carbocycles. The van der Waals surface area contributed by atoms with Gasteiger partial charge >= 0.3 is 0 Å². The molecule has 0 spiro atoms. The molecular formula is C20H28N2O4S. The maximum atomic E-state index is 12.5. The number of rotatable bonds is 5. The van der Waals surface area contributed by atoms with Gasteiger partial charge in [0.2, 0.25) is 9.84 Å². The molecule has 4 rings (SSSR count). The van der Waals surface area contributed by atoms with Gasteiger partial charge in [-0.25, -0.2) is 8.42 Å². The smallest absolute Gasteiger partial charge is 0.200 e. The second-order valence-electron chi connectivity index (χ2n) is 8.12. The van der Waals surface area contributed by atoms with Gasteiger partial charge in [-0.05, 0) is 43.5 Å². The maximum Gasteiger partial charge on any atom is 0.200 e. The Kier molecular flexibility index (Phi) is 4.93. The van der Waals surface area contributed by atoms with Crippen molar-refractivity contribution in [2.45, 2.75) is 55.3 Å². The van der Waals surface area contributed by atoms with Crippen LogP contribution in [0, 0.1) is 5.92 Å². The van der Waals surface area contributed by atoms with Gasteiger partial charge < -0.3 is 15.1 Å². The molecule has 1 fully saturated rings. The average molecular weight is 393 g/mol. The average Bonchev–Trinajstić information content (AvgIpc) is 2.91. The molecule has 3 N–H and O–H groups in total. The molecule has 0 aromatic heterocycles. The Bertz CT molecular complexity index is 863. The molecule has 7 heteroatoms. The molecule has 6 nitrogen and oxygen atoms in total. The Morgan fingerprint density at radius 2 is 2.15 bits per heavy atom. The number of likely N-dealkylation sites (N-methyl/N-ethyl adjacent to an activating group) is 1. The number of benzene rings is 1. The van der Waals surface area contributed by atoms with Gasteiger partial charge in [-0.2, -0.15) is 0 Å². The lowest BCUT2D eigenvalue weighted by atomic mass is 9.70. The van der Waals surface area contributed by atoms with Crippen LogP contribution in [-0.2, 0) is 9.84 Å². The second-order valence-corrected chi connectivity index (χ2v) is 9.89. The molecule has 27 heavy (non-hydrogen) atoms. The lowest BCUT2D eigenvalue weighted by Gasteiger charge is -2.47. The summed E-state index contributed by atoms with van der Waals surface area (Å²) >= 11 is 0. The molecule has 1 aromatic carbocycles. The van der Waals surface area contributed by atoms with Crippen LogP contribution in [0.4, 0.5) is 0 Å². The molecule has 1 saturated heterocycles. The quantitative estimate of drug-likeness (QED) is 0.655. The van der Waals surface area contributed by atoms with E-state index in [-0.39, 0.29) is 30.5 Å². The first-order chi connectivity index (χ1) is 12.9. The summed E-state index contributed by atoms with van der Waals surface area (Å²) in [6.45, 7) is 2.72. The van der Waals surface area contributed by atoms with Crippen LogP contribution in [-0.4, -0.2) is 62.0 Å². The van der Waals surface area contributed by atoms with Crippen LogP contribution >= 0.6 is 0 Å². The van der Waals surface area contributed by atoms with Crippen molar-refractivity contribution in [2.75, 3.05) is 20.2 Å². The number of piperidine rings is 1. The topological polar surface area (TPSA) is 89.9 Å². The van der Waals surface area contributed by atoms with E-state index in [2.05, 4.69) is 17.3 Å². The first kappa shape index (κ1) is 19.1. The number of aliphatic hydroxyl groups excluding tert-OH is 2. The molecule has 3 aliphatic rings. The molecule has 0 bridgehead atoms. The minimum atomic E-state index is -3.33. The number of hydrogen-bond acceptors (Lipinski definition) is 6. The Morgan fingerprint density at radius 3 is 2.85 bits per heavy atom. The Labute approximate surface area is 160 Å². The van der Waals surface area contributed by atoms with Crippen LogP contribution in [0.15, 0.2) is 28.5 Å². The van der Waals surface area contributed by atoms with E-state index in [0.29, 0.717) is 4.90 Å². The fraction of sp³-hybridized carbons (Fsp3) is 0.600. The Morgan fingerprint density at radius 1 is 1.37 bits per heavy atom. The van der Waals surface area contributed by atoms with E-state index < -0.39 is 16.1 Å². The lowest BCUT2D eigenvalue weighted by Crippen LogP contribution is -2.54. The van der Waals surface area contributed by atoms with E-state index in [9.17, 15) is 18.6 Å². The number of fused-ring (bicyclic) bond motifs is 2. The molecule has 1 aliphatic carbocycles. The minimum absolute atomic E-state index is 0.000377. The standard InChI is InChI=1S/C20H28N2O4S/c1-3-14(10-23)21-20(24)12-7-16-15-5-4-6-18-19(15)13(11-27(18,25)26)8-17(16)22(2)9-12/h4-6,11-12,14,16-17,20-21,23-24H,3,7-10H2,1-2H3. The highest BCUT2D eigenvalue weighted by molar-refractivity contribution is 7.95. The van der Waals surface area contributed by atoms with Crippen molar-refractivity contribution in [1.82, 2.24) is 10.2 Å². The molecule has 5 unspecified atom stereocenters. The Balaban J connectivity index is 1.65. The minimum Gasteiger partial charge on any atom is -0.395 e. The SMILES string of the molecule is CCC(CO)NC(O)C1CC2c3cccc4c3C(=CS4(=O)=O)CC2N(C)C1. The highest BCUT2D eigenvalue weighted by atomic mass is 32.2. The van der Waals surface area contributed by atoms with Crippen molar-refractivity contribution in [2.24, 2.45) is 5.92 Å². The summed E-state index contributed by atoms with van der Waals surface area (Å²) in [5, 5.41) is 24.7. The van der Waals surface area contributed by atoms with Crippen molar-refractivity contribution in [3.63, 3.8) is 0 Å². The van der Waals surface area contributed by atoms with Crippen molar-refractivity contribution < 1.29 is 18.6 Å². The van der Waals surface area contributed by atoms with Gasteiger partial charge in [0.25, 0.3) is 0 Å². The number of aliphatic hydroxyl groups is 2.